The molecule has 0 unspecified atom stereocenters. The van der Waals surface area contributed by atoms with E-state index in [0.29, 0.717) is 11.1 Å². The van der Waals surface area contributed by atoms with E-state index in [1.807, 2.05) is 0 Å². The van der Waals surface area contributed by atoms with E-state index in [0.717, 1.165) is 0 Å². The van der Waals surface area contributed by atoms with E-state index in [2.05, 4.69) is 4.99 Å². The number of nitrogens with zero attached hydrogens (tertiary/aromatic N) is 2. The summed E-state index contributed by atoms with van der Waals surface area (Å²) in [6.45, 7) is 0. The molecule has 0 atom stereocenters. The normalized spacial score (nSPS) is 15.7. The summed E-state index contributed by atoms with van der Waals surface area (Å²) in [7, 11) is -3.94. The van der Waals surface area contributed by atoms with Crippen molar-refractivity contribution in [2.24, 2.45) is 10.7 Å². The van der Waals surface area contributed by atoms with Gasteiger partial charge in [-0.05, 0) is 12.1 Å². The van der Waals surface area contributed by atoms with E-state index >= 15 is 0 Å². The number of allylic oxidation sites excluding steroid dienone is 1. The first kappa shape index (κ1) is 14.0. The molecular weight excluding hydrogens is 298 g/mol. The molecule has 22 heavy (non-hydrogen) atoms. The molecule has 1 aliphatic heterocycles. The number of fused-ring (bicyclic) bond motifs is 1. The largest absolute Gasteiger partial charge is 0.383 e. The van der Waals surface area contributed by atoms with Crippen molar-refractivity contribution >= 4 is 21.4 Å². The van der Waals surface area contributed by atoms with Gasteiger partial charge in [0.05, 0.1) is 4.90 Å². The summed E-state index contributed by atoms with van der Waals surface area (Å²) in [5, 5.41) is 9.40. The molecule has 2 aromatic rings. The van der Waals surface area contributed by atoms with Gasteiger partial charge in [0.15, 0.2) is 4.91 Å². The highest BCUT2D eigenvalue weighted by Crippen LogP contribution is 2.33. The van der Waals surface area contributed by atoms with Crippen LogP contribution in [0.25, 0.3) is 5.70 Å². The zero-order valence-corrected chi connectivity index (χ0v) is 12.2. The molecule has 0 amide bonds. The van der Waals surface area contributed by atoms with Gasteiger partial charge in [0.2, 0.25) is 9.84 Å². The molecule has 108 valence electrons. The van der Waals surface area contributed by atoms with Gasteiger partial charge in [0.1, 0.15) is 17.6 Å². The fourth-order valence-electron chi connectivity index (χ4n) is 2.28. The highest BCUT2D eigenvalue weighted by atomic mass is 32.2. The Labute approximate surface area is 128 Å². The highest BCUT2D eigenvalue weighted by Gasteiger charge is 2.29. The fourth-order valence-corrected chi connectivity index (χ4v) is 3.57. The Morgan fingerprint density at radius 2 is 1.59 bits per heavy atom. The monoisotopic (exact) mass is 309 g/mol. The Kier molecular flexibility index (Phi) is 3.28. The predicted octanol–water partition coefficient (Wildman–Crippen LogP) is 2.07. The second-order valence-corrected chi connectivity index (χ2v) is 6.54. The Morgan fingerprint density at radius 3 is 2.23 bits per heavy atom. The Bertz CT molecular complexity index is 952. The second-order valence-electron chi connectivity index (χ2n) is 4.65. The summed E-state index contributed by atoms with van der Waals surface area (Å²) in [5.74, 6) is 0.210. The average Bonchev–Trinajstić information content (AvgIpc) is 2.86. The van der Waals surface area contributed by atoms with Crippen LogP contribution in [0, 0.1) is 11.3 Å². The van der Waals surface area contributed by atoms with Gasteiger partial charge in [-0.25, -0.2) is 13.4 Å². The van der Waals surface area contributed by atoms with Crippen LogP contribution in [0.4, 0.5) is 0 Å². The van der Waals surface area contributed by atoms with E-state index < -0.39 is 14.7 Å². The van der Waals surface area contributed by atoms with Crippen LogP contribution in [0.3, 0.4) is 0 Å². The standard InChI is InChI=1S/C16H11N3O2S/c17-10-14(22(20,21)11-6-2-1-3-7-11)15-12-8-4-5-9-13(12)16(18)19-15/h1-9H,(H2,18,19). The van der Waals surface area contributed by atoms with Crippen molar-refractivity contribution in [3.05, 3.63) is 70.6 Å². The number of nitrogens with two attached hydrogens (primary N) is 1. The van der Waals surface area contributed by atoms with Gasteiger partial charge in [0, 0.05) is 11.1 Å². The van der Waals surface area contributed by atoms with Gasteiger partial charge < -0.3 is 5.73 Å². The molecule has 0 bridgehead atoms. The van der Waals surface area contributed by atoms with Gasteiger partial charge in [-0.3, -0.25) is 0 Å². The highest BCUT2D eigenvalue weighted by molar-refractivity contribution is 7.95. The number of hydrogen-bond donors (Lipinski definition) is 1. The van der Waals surface area contributed by atoms with Gasteiger partial charge in [0.25, 0.3) is 0 Å². The van der Waals surface area contributed by atoms with E-state index in [1.54, 1.807) is 48.5 Å². The third kappa shape index (κ3) is 2.08. The summed E-state index contributed by atoms with van der Waals surface area (Å²) >= 11 is 0. The quantitative estimate of drug-likeness (QED) is 0.859. The van der Waals surface area contributed by atoms with Crippen LogP contribution in [0.2, 0.25) is 0 Å². The minimum absolute atomic E-state index is 0.0530. The van der Waals surface area contributed by atoms with Gasteiger partial charge >= 0.3 is 0 Å². The smallest absolute Gasteiger partial charge is 0.218 e. The fraction of sp³-hybridized carbons (Fsp3) is 0. The predicted molar refractivity (Wildman–Crippen MR) is 83.3 cm³/mol. The molecule has 6 heteroatoms. The lowest BCUT2D eigenvalue weighted by Gasteiger charge is -2.05. The van der Waals surface area contributed by atoms with Crippen molar-refractivity contribution in [1.29, 1.82) is 5.26 Å². The molecule has 0 aromatic heterocycles. The molecule has 0 spiro atoms. The molecule has 0 fully saturated rings. The molecule has 5 nitrogen and oxygen atoms in total. The van der Waals surface area contributed by atoms with E-state index in [9.17, 15) is 13.7 Å². The molecular formula is C16H11N3O2S. The molecule has 0 aliphatic carbocycles. The van der Waals surface area contributed by atoms with Crippen LogP contribution in [0.5, 0.6) is 0 Å². The van der Waals surface area contributed by atoms with Crippen LogP contribution in [0.15, 0.2) is 69.4 Å². The number of hydrogen-bond acceptors (Lipinski definition) is 5. The van der Waals surface area contributed by atoms with E-state index in [-0.39, 0.29) is 16.4 Å². The average molecular weight is 309 g/mol. The number of aliphatic imine (C=N–C) groups is 1. The van der Waals surface area contributed by atoms with Gasteiger partial charge in [-0.1, -0.05) is 42.5 Å². The van der Waals surface area contributed by atoms with Crippen LogP contribution in [0.1, 0.15) is 11.1 Å². The molecule has 3 rings (SSSR count). The number of sulfone groups is 1. The van der Waals surface area contributed by atoms with Crippen LogP contribution in [-0.4, -0.2) is 14.3 Å². The molecule has 1 heterocycles. The van der Waals surface area contributed by atoms with Crippen molar-refractivity contribution < 1.29 is 8.42 Å². The molecule has 0 saturated carbocycles. The van der Waals surface area contributed by atoms with Crippen LogP contribution in [-0.2, 0) is 9.84 Å². The maximum atomic E-state index is 12.7. The zero-order valence-electron chi connectivity index (χ0n) is 11.4. The summed E-state index contributed by atoms with van der Waals surface area (Å²) in [5.41, 5.74) is 7.10. The first-order valence-corrected chi connectivity index (χ1v) is 7.92. The first-order valence-electron chi connectivity index (χ1n) is 6.44. The third-order valence-electron chi connectivity index (χ3n) is 3.33. The Balaban J connectivity index is 2.29. The summed E-state index contributed by atoms with van der Waals surface area (Å²) < 4.78 is 25.4. The van der Waals surface area contributed by atoms with Gasteiger partial charge in [-0.2, -0.15) is 5.26 Å². The molecule has 2 N–H and O–H groups in total. The SMILES string of the molecule is N#CC(=C1N=C(N)c2ccccc21)S(=O)(=O)c1ccccc1. The zero-order chi connectivity index (χ0) is 15.7. The van der Waals surface area contributed by atoms with Crippen molar-refractivity contribution in [2.75, 3.05) is 0 Å². The summed E-state index contributed by atoms with van der Waals surface area (Å²) in [4.78, 5) is 3.75. The maximum Gasteiger partial charge on any atom is 0.218 e. The van der Waals surface area contributed by atoms with E-state index in [1.165, 1.54) is 12.1 Å². The summed E-state index contributed by atoms with van der Waals surface area (Å²) in [6.07, 6.45) is 0. The van der Waals surface area contributed by atoms with Crippen molar-refractivity contribution in [3.63, 3.8) is 0 Å². The second kappa shape index (κ2) is 5.13. The van der Waals surface area contributed by atoms with Crippen LogP contribution >= 0.6 is 0 Å². The van der Waals surface area contributed by atoms with Crippen molar-refractivity contribution in [2.45, 2.75) is 4.90 Å². The lowest BCUT2D eigenvalue weighted by atomic mass is 10.1. The maximum absolute atomic E-state index is 12.7. The Morgan fingerprint density at radius 1 is 1.00 bits per heavy atom. The minimum Gasteiger partial charge on any atom is -0.383 e. The molecule has 0 radical (unpaired) electrons. The minimum atomic E-state index is -3.94. The lowest BCUT2D eigenvalue weighted by molar-refractivity contribution is 0.603. The number of amidine groups is 1. The first-order chi connectivity index (χ1) is 10.6. The van der Waals surface area contributed by atoms with Crippen molar-refractivity contribution in [3.8, 4) is 6.07 Å². The number of nitriles is 1. The molecule has 1 aliphatic rings. The van der Waals surface area contributed by atoms with Gasteiger partial charge in [-0.15, -0.1) is 0 Å². The molecule has 2 aromatic carbocycles. The number of rotatable bonds is 2. The Hall–Kier alpha value is -2.91. The van der Waals surface area contributed by atoms with Crippen molar-refractivity contribution in [1.82, 2.24) is 0 Å². The number of benzene rings is 2. The third-order valence-corrected chi connectivity index (χ3v) is 5.04. The van der Waals surface area contributed by atoms with E-state index in [4.69, 9.17) is 5.73 Å². The summed E-state index contributed by atoms with van der Waals surface area (Å²) in [6, 6.07) is 16.5. The topological polar surface area (TPSA) is 96.3 Å². The van der Waals surface area contributed by atoms with Crippen LogP contribution < -0.4 is 5.73 Å². The molecule has 0 saturated heterocycles. The lowest BCUT2D eigenvalue weighted by Crippen LogP contribution is -2.09.